The van der Waals surface area contributed by atoms with E-state index in [0.717, 1.165) is 10.0 Å². The lowest BCUT2D eigenvalue weighted by molar-refractivity contribution is 0.248. The Morgan fingerprint density at radius 1 is 1.19 bits per heavy atom. The van der Waals surface area contributed by atoms with Crippen molar-refractivity contribution in [2.24, 2.45) is 7.05 Å². The number of nitrogens with zero attached hydrogens (tertiary/aromatic N) is 1. The molecule has 2 heterocycles. The Balaban J connectivity index is 2.31. The normalized spacial score (nSPS) is 16.9. The van der Waals surface area contributed by atoms with Crippen molar-refractivity contribution in [2.75, 3.05) is 5.32 Å². The van der Waals surface area contributed by atoms with Crippen molar-refractivity contribution in [3.63, 3.8) is 0 Å². The third-order valence-electron chi connectivity index (χ3n) is 3.37. The molecule has 108 valence electrons. The van der Waals surface area contributed by atoms with Gasteiger partial charge in [-0.25, -0.2) is 9.59 Å². The fourth-order valence-electron chi connectivity index (χ4n) is 2.35. The summed E-state index contributed by atoms with van der Waals surface area (Å²) in [6.45, 7) is 0. The van der Waals surface area contributed by atoms with Gasteiger partial charge in [-0.3, -0.25) is 19.7 Å². The van der Waals surface area contributed by atoms with Gasteiger partial charge in [0.25, 0.3) is 5.56 Å². The topological polar surface area (TPSA) is 96.0 Å². The summed E-state index contributed by atoms with van der Waals surface area (Å²) in [4.78, 5) is 37.9. The highest BCUT2D eigenvalue weighted by Gasteiger charge is 2.31. The average Bonchev–Trinajstić information content (AvgIpc) is 2.44. The second-order valence-electron chi connectivity index (χ2n) is 4.63. The van der Waals surface area contributed by atoms with E-state index >= 15 is 0 Å². The van der Waals surface area contributed by atoms with Crippen molar-refractivity contribution in [1.82, 2.24) is 14.9 Å². The molecule has 1 aliphatic heterocycles. The van der Waals surface area contributed by atoms with Crippen LogP contribution >= 0.6 is 15.9 Å². The van der Waals surface area contributed by atoms with Crippen LogP contribution in [0.25, 0.3) is 0 Å². The van der Waals surface area contributed by atoms with Gasteiger partial charge >= 0.3 is 11.7 Å². The summed E-state index contributed by atoms with van der Waals surface area (Å²) in [7, 11) is 1.49. The summed E-state index contributed by atoms with van der Waals surface area (Å²) < 4.78 is 1.97. The second kappa shape index (κ2) is 4.88. The lowest BCUT2D eigenvalue weighted by Crippen LogP contribution is -2.46. The Hall–Kier alpha value is -2.35. The summed E-state index contributed by atoms with van der Waals surface area (Å²) >= 11 is 3.41. The maximum atomic E-state index is 12.2. The highest BCUT2D eigenvalue weighted by atomic mass is 79.9. The van der Waals surface area contributed by atoms with Crippen LogP contribution < -0.4 is 21.9 Å². The smallest absolute Gasteiger partial charge is 0.327 e. The van der Waals surface area contributed by atoms with Crippen LogP contribution in [0.3, 0.4) is 0 Å². The molecular formula is C13H11BrN4O3. The number of carbonyl (C=O) groups is 1. The first-order chi connectivity index (χ1) is 9.99. The summed E-state index contributed by atoms with van der Waals surface area (Å²) in [6, 6.07) is 6.16. The number of hydrogen-bond donors (Lipinski definition) is 3. The average molecular weight is 351 g/mol. The quantitative estimate of drug-likeness (QED) is 0.717. The second-order valence-corrected chi connectivity index (χ2v) is 5.49. The number of aromatic nitrogens is 2. The first kappa shape index (κ1) is 13.6. The van der Waals surface area contributed by atoms with Gasteiger partial charge in [-0.05, 0) is 11.6 Å². The van der Waals surface area contributed by atoms with E-state index in [2.05, 4.69) is 31.5 Å². The number of benzene rings is 1. The Kier molecular flexibility index (Phi) is 3.17. The molecule has 0 aliphatic carbocycles. The van der Waals surface area contributed by atoms with Gasteiger partial charge < -0.3 is 5.32 Å². The van der Waals surface area contributed by atoms with E-state index in [4.69, 9.17) is 0 Å². The Bertz CT molecular complexity index is 855. The summed E-state index contributed by atoms with van der Waals surface area (Å²) in [6.07, 6.45) is 0. The zero-order valence-corrected chi connectivity index (χ0v) is 12.5. The number of amides is 2. The zero-order chi connectivity index (χ0) is 15.1. The molecule has 21 heavy (non-hydrogen) atoms. The number of nitrogens with one attached hydrogen (secondary N) is 3. The molecule has 1 aromatic heterocycles. The molecule has 0 bridgehead atoms. The molecule has 0 saturated carbocycles. The maximum absolute atomic E-state index is 12.2. The monoisotopic (exact) mass is 350 g/mol. The molecule has 3 N–H and O–H groups in total. The van der Waals surface area contributed by atoms with Crippen molar-refractivity contribution in [3.8, 4) is 0 Å². The predicted molar refractivity (Wildman–Crippen MR) is 80.4 cm³/mol. The van der Waals surface area contributed by atoms with E-state index in [1.807, 2.05) is 18.2 Å². The van der Waals surface area contributed by atoms with Crippen LogP contribution in [0.5, 0.6) is 0 Å². The van der Waals surface area contributed by atoms with Gasteiger partial charge in [0.15, 0.2) is 0 Å². The lowest BCUT2D eigenvalue weighted by Gasteiger charge is -2.28. The molecule has 1 atom stereocenters. The van der Waals surface area contributed by atoms with Crippen molar-refractivity contribution in [1.29, 1.82) is 0 Å². The first-order valence-electron chi connectivity index (χ1n) is 6.14. The zero-order valence-electron chi connectivity index (χ0n) is 10.9. The van der Waals surface area contributed by atoms with Gasteiger partial charge in [-0.2, -0.15) is 0 Å². The molecule has 1 aliphatic rings. The SMILES string of the molecule is Cn1c2c(c(=O)[nH]c1=O)C(c1ccccc1Br)NC(=O)N2. The first-order valence-corrected chi connectivity index (χ1v) is 6.93. The Labute approximate surface area is 127 Å². The molecule has 0 radical (unpaired) electrons. The number of halogens is 1. The molecule has 3 rings (SSSR count). The number of urea groups is 1. The fraction of sp³-hybridized carbons (Fsp3) is 0.154. The minimum atomic E-state index is -0.639. The van der Waals surface area contributed by atoms with Gasteiger partial charge in [0.2, 0.25) is 0 Å². The van der Waals surface area contributed by atoms with E-state index in [1.165, 1.54) is 11.6 Å². The third kappa shape index (κ3) is 2.17. The summed E-state index contributed by atoms with van der Waals surface area (Å²) in [5.41, 5.74) is -0.0745. The van der Waals surface area contributed by atoms with Gasteiger partial charge in [0.05, 0.1) is 11.6 Å². The predicted octanol–water partition coefficient (Wildman–Crippen LogP) is 1.06. The number of H-pyrrole nitrogens is 1. The molecule has 1 aromatic carbocycles. The van der Waals surface area contributed by atoms with E-state index in [1.54, 1.807) is 6.07 Å². The third-order valence-corrected chi connectivity index (χ3v) is 4.09. The number of carbonyl (C=O) groups excluding carboxylic acids is 1. The number of rotatable bonds is 1. The fourth-order valence-corrected chi connectivity index (χ4v) is 2.86. The molecule has 7 nitrogen and oxygen atoms in total. The van der Waals surface area contributed by atoms with Crippen molar-refractivity contribution in [3.05, 3.63) is 60.7 Å². The molecule has 1 unspecified atom stereocenters. The van der Waals surface area contributed by atoms with Crippen molar-refractivity contribution >= 4 is 27.8 Å². The largest absolute Gasteiger partial charge is 0.329 e. The highest BCUT2D eigenvalue weighted by molar-refractivity contribution is 9.10. The van der Waals surface area contributed by atoms with E-state index < -0.39 is 23.3 Å². The van der Waals surface area contributed by atoms with E-state index in [9.17, 15) is 14.4 Å². The van der Waals surface area contributed by atoms with Crippen LogP contribution in [0, 0.1) is 0 Å². The van der Waals surface area contributed by atoms with Gasteiger partial charge in [0.1, 0.15) is 5.82 Å². The Morgan fingerprint density at radius 3 is 2.62 bits per heavy atom. The van der Waals surface area contributed by atoms with Crippen molar-refractivity contribution < 1.29 is 4.79 Å². The molecule has 2 aromatic rings. The number of aromatic amines is 1. The van der Waals surface area contributed by atoms with Gasteiger partial charge in [-0.15, -0.1) is 0 Å². The van der Waals surface area contributed by atoms with E-state index in [-0.39, 0.29) is 5.82 Å². The van der Waals surface area contributed by atoms with Crippen LogP contribution in [0.2, 0.25) is 0 Å². The summed E-state index contributed by atoms with van der Waals surface area (Å²) in [5, 5.41) is 5.21. The molecule has 0 fully saturated rings. The van der Waals surface area contributed by atoms with Crippen LogP contribution in [0.1, 0.15) is 17.2 Å². The van der Waals surface area contributed by atoms with E-state index in [0.29, 0.717) is 5.56 Å². The molecule has 0 spiro atoms. The lowest BCUT2D eigenvalue weighted by atomic mass is 9.99. The summed E-state index contributed by atoms with van der Waals surface area (Å²) in [5.74, 6) is 0.202. The highest BCUT2D eigenvalue weighted by Crippen LogP contribution is 2.31. The number of anilines is 1. The Morgan fingerprint density at radius 2 is 1.90 bits per heavy atom. The van der Waals surface area contributed by atoms with Crippen molar-refractivity contribution in [2.45, 2.75) is 6.04 Å². The van der Waals surface area contributed by atoms with Gasteiger partial charge in [0, 0.05) is 11.5 Å². The maximum Gasteiger partial charge on any atom is 0.329 e. The van der Waals surface area contributed by atoms with Gasteiger partial charge in [-0.1, -0.05) is 34.1 Å². The number of fused-ring (bicyclic) bond motifs is 1. The van der Waals surface area contributed by atoms with Crippen LogP contribution in [0.4, 0.5) is 10.6 Å². The molecule has 8 heteroatoms. The molecule has 2 amide bonds. The standard InChI is InChI=1S/C13H11BrN4O3/c1-18-10-8(11(19)17-13(18)21)9(15-12(20)16-10)6-4-2-3-5-7(6)14/h2-5,9H,1H3,(H2,15,16,20)(H,17,19,21). The van der Waals surface area contributed by atoms with Crippen LogP contribution in [-0.2, 0) is 7.05 Å². The molecule has 0 saturated heterocycles. The van der Waals surface area contributed by atoms with Crippen LogP contribution in [0.15, 0.2) is 38.3 Å². The number of hydrogen-bond acceptors (Lipinski definition) is 3. The van der Waals surface area contributed by atoms with Crippen LogP contribution in [-0.4, -0.2) is 15.6 Å². The minimum absolute atomic E-state index is 0.202. The minimum Gasteiger partial charge on any atom is -0.327 e. The molecular weight excluding hydrogens is 340 g/mol.